The van der Waals surface area contributed by atoms with Crippen molar-refractivity contribution in [3.05, 3.63) is 29.8 Å². The average Bonchev–Trinajstić information content (AvgIpc) is 2.34. The molecule has 2 rings (SSSR count). The molecule has 1 aliphatic carbocycles. The van der Waals surface area contributed by atoms with Crippen molar-refractivity contribution < 1.29 is 27.9 Å². The van der Waals surface area contributed by atoms with Gasteiger partial charge in [0, 0.05) is 12.1 Å². The van der Waals surface area contributed by atoms with Crippen molar-refractivity contribution in [1.29, 1.82) is 0 Å². The van der Waals surface area contributed by atoms with Gasteiger partial charge in [-0.3, -0.25) is 9.59 Å². The van der Waals surface area contributed by atoms with E-state index in [2.05, 4.69) is 5.32 Å². The quantitative estimate of drug-likeness (QED) is 0.875. The van der Waals surface area contributed by atoms with Crippen molar-refractivity contribution in [2.45, 2.75) is 38.3 Å². The number of aliphatic carboxylic acids is 1. The molecule has 0 spiro atoms. The molecule has 1 fully saturated rings. The predicted octanol–water partition coefficient (Wildman–Crippen LogP) is 3.37. The summed E-state index contributed by atoms with van der Waals surface area (Å²) in [5.74, 6) is -1.60. The van der Waals surface area contributed by atoms with Gasteiger partial charge >= 0.3 is 12.1 Å². The van der Waals surface area contributed by atoms with Gasteiger partial charge in [-0.1, -0.05) is 24.6 Å². The number of amides is 1. The summed E-state index contributed by atoms with van der Waals surface area (Å²) in [6, 6.07) is 5.65. The molecule has 0 saturated heterocycles. The van der Waals surface area contributed by atoms with Crippen LogP contribution in [-0.2, 0) is 16.0 Å². The summed E-state index contributed by atoms with van der Waals surface area (Å²) in [7, 11) is 0. The zero-order valence-electron chi connectivity index (χ0n) is 11.7. The molecule has 0 aromatic heterocycles. The van der Waals surface area contributed by atoms with Crippen LogP contribution in [0, 0.1) is 5.41 Å². The number of alkyl halides is 3. The zero-order chi connectivity index (χ0) is 16.4. The highest BCUT2D eigenvalue weighted by Crippen LogP contribution is 2.44. The van der Waals surface area contributed by atoms with E-state index in [-0.39, 0.29) is 17.7 Å². The Balaban J connectivity index is 2.07. The Morgan fingerprint density at radius 3 is 2.36 bits per heavy atom. The van der Waals surface area contributed by atoms with E-state index in [4.69, 9.17) is 0 Å². The fraction of sp³-hybridized carbons (Fsp3) is 0.467. The molecule has 4 nitrogen and oxygen atoms in total. The molecule has 22 heavy (non-hydrogen) atoms. The van der Waals surface area contributed by atoms with Crippen LogP contribution in [0.1, 0.15) is 31.2 Å². The third kappa shape index (κ3) is 3.78. The molecule has 7 heteroatoms. The Bertz CT molecular complexity index is 580. The van der Waals surface area contributed by atoms with Gasteiger partial charge in [0.25, 0.3) is 0 Å². The molecule has 2 N–H and O–H groups in total. The number of rotatable bonds is 5. The monoisotopic (exact) mass is 315 g/mol. The number of para-hydroxylation sites is 1. The lowest BCUT2D eigenvalue weighted by Gasteiger charge is -2.37. The molecule has 1 amide bonds. The average molecular weight is 315 g/mol. The summed E-state index contributed by atoms with van der Waals surface area (Å²) in [4.78, 5) is 23.2. The van der Waals surface area contributed by atoms with E-state index in [1.807, 2.05) is 0 Å². The van der Waals surface area contributed by atoms with Gasteiger partial charge in [-0.2, -0.15) is 13.2 Å². The third-order valence-electron chi connectivity index (χ3n) is 3.95. The Hall–Kier alpha value is -2.05. The van der Waals surface area contributed by atoms with E-state index in [0.29, 0.717) is 12.8 Å². The number of carbonyl (C=O) groups is 2. The molecule has 0 radical (unpaired) electrons. The van der Waals surface area contributed by atoms with Gasteiger partial charge in [-0.15, -0.1) is 0 Å². The van der Waals surface area contributed by atoms with Crippen LogP contribution in [0.3, 0.4) is 0 Å². The largest absolute Gasteiger partial charge is 0.481 e. The van der Waals surface area contributed by atoms with Gasteiger partial charge in [-0.05, 0) is 24.5 Å². The Kier molecular flexibility index (Phi) is 4.44. The maximum absolute atomic E-state index is 12.5. The van der Waals surface area contributed by atoms with Crippen molar-refractivity contribution in [2.24, 2.45) is 5.41 Å². The van der Waals surface area contributed by atoms with Gasteiger partial charge in [-0.25, -0.2) is 0 Å². The minimum Gasteiger partial charge on any atom is -0.481 e. The molecule has 1 aromatic carbocycles. The van der Waals surface area contributed by atoms with Crippen LogP contribution >= 0.6 is 0 Å². The molecule has 0 heterocycles. The number of hydrogen-bond acceptors (Lipinski definition) is 2. The highest BCUT2D eigenvalue weighted by molar-refractivity contribution is 5.95. The fourth-order valence-corrected chi connectivity index (χ4v) is 2.58. The van der Waals surface area contributed by atoms with E-state index in [1.165, 1.54) is 24.3 Å². The smallest absolute Gasteiger partial charge is 0.393 e. The molecule has 1 aromatic rings. The van der Waals surface area contributed by atoms with E-state index >= 15 is 0 Å². The molecule has 0 atom stereocenters. The lowest BCUT2D eigenvalue weighted by Crippen LogP contribution is -2.41. The number of carboxylic acid groups (broad SMARTS) is 1. The van der Waals surface area contributed by atoms with Crippen molar-refractivity contribution in [2.75, 3.05) is 5.32 Å². The first-order valence-electron chi connectivity index (χ1n) is 6.90. The molecule has 0 bridgehead atoms. The molecule has 0 unspecified atom stereocenters. The summed E-state index contributed by atoms with van der Waals surface area (Å²) < 4.78 is 37.5. The second kappa shape index (κ2) is 5.98. The summed E-state index contributed by atoms with van der Waals surface area (Å²) in [5, 5.41) is 11.6. The minimum atomic E-state index is -4.38. The second-order valence-corrected chi connectivity index (χ2v) is 5.61. The van der Waals surface area contributed by atoms with E-state index in [0.717, 1.165) is 6.42 Å². The van der Waals surface area contributed by atoms with Crippen LogP contribution in [0.4, 0.5) is 18.9 Å². The molecular formula is C15H16F3NO3. The highest BCUT2D eigenvalue weighted by atomic mass is 19.4. The second-order valence-electron chi connectivity index (χ2n) is 5.61. The minimum absolute atomic E-state index is 0.0404. The van der Waals surface area contributed by atoms with Crippen LogP contribution in [0.25, 0.3) is 0 Å². The SMILES string of the molecule is O=C(CC1(C(=O)O)CCC1)Nc1ccccc1CC(F)(F)F. The summed E-state index contributed by atoms with van der Waals surface area (Å²) in [6.07, 6.45) is -4.17. The molecule has 1 saturated carbocycles. The van der Waals surface area contributed by atoms with Gasteiger partial charge in [0.15, 0.2) is 0 Å². The third-order valence-corrected chi connectivity index (χ3v) is 3.95. The summed E-state index contributed by atoms with van der Waals surface area (Å²) >= 11 is 0. The number of hydrogen-bond donors (Lipinski definition) is 2. The summed E-state index contributed by atoms with van der Waals surface area (Å²) in [6.45, 7) is 0. The normalized spacial score (nSPS) is 16.7. The maximum Gasteiger partial charge on any atom is 0.393 e. The molecule has 120 valence electrons. The maximum atomic E-state index is 12.5. The van der Waals surface area contributed by atoms with Crippen LogP contribution in [0.5, 0.6) is 0 Å². The topological polar surface area (TPSA) is 66.4 Å². The Morgan fingerprint density at radius 1 is 1.23 bits per heavy atom. The molecule has 0 aliphatic heterocycles. The predicted molar refractivity (Wildman–Crippen MR) is 73.4 cm³/mol. The number of halogens is 3. The Labute approximate surface area is 125 Å². The van der Waals surface area contributed by atoms with E-state index in [9.17, 15) is 27.9 Å². The van der Waals surface area contributed by atoms with Crippen molar-refractivity contribution >= 4 is 17.6 Å². The van der Waals surface area contributed by atoms with E-state index in [1.54, 1.807) is 0 Å². The Morgan fingerprint density at radius 2 is 1.86 bits per heavy atom. The van der Waals surface area contributed by atoms with Gasteiger partial charge in [0.2, 0.25) is 5.91 Å². The molecule has 1 aliphatic rings. The zero-order valence-corrected chi connectivity index (χ0v) is 11.7. The number of anilines is 1. The van der Waals surface area contributed by atoms with Crippen LogP contribution in [0.2, 0.25) is 0 Å². The first kappa shape index (κ1) is 16.3. The lowest BCUT2D eigenvalue weighted by atomic mass is 9.66. The fourth-order valence-electron chi connectivity index (χ4n) is 2.58. The number of nitrogens with one attached hydrogen (secondary N) is 1. The van der Waals surface area contributed by atoms with Crippen LogP contribution in [-0.4, -0.2) is 23.2 Å². The summed E-state index contributed by atoms with van der Waals surface area (Å²) in [5.41, 5.74) is -1.03. The van der Waals surface area contributed by atoms with E-state index < -0.39 is 29.9 Å². The molecular weight excluding hydrogens is 299 g/mol. The number of benzene rings is 1. The standard InChI is InChI=1S/C15H16F3NO3/c16-15(17,18)8-10-4-1-2-5-11(10)19-12(20)9-14(13(21)22)6-3-7-14/h1-2,4-5H,3,6-9H2,(H,19,20)(H,21,22). The van der Waals surface area contributed by atoms with Gasteiger partial charge in [0.05, 0.1) is 11.8 Å². The van der Waals surface area contributed by atoms with Gasteiger partial charge < -0.3 is 10.4 Å². The van der Waals surface area contributed by atoms with Crippen LogP contribution < -0.4 is 5.32 Å². The lowest BCUT2D eigenvalue weighted by molar-refractivity contribution is -0.157. The first-order valence-corrected chi connectivity index (χ1v) is 6.90. The first-order chi connectivity index (χ1) is 10.2. The number of carboxylic acids is 1. The van der Waals surface area contributed by atoms with Crippen molar-refractivity contribution in [1.82, 2.24) is 0 Å². The number of carbonyl (C=O) groups excluding carboxylic acids is 1. The van der Waals surface area contributed by atoms with Crippen molar-refractivity contribution in [3.63, 3.8) is 0 Å². The van der Waals surface area contributed by atoms with Gasteiger partial charge in [0.1, 0.15) is 0 Å². The highest BCUT2D eigenvalue weighted by Gasteiger charge is 2.46. The van der Waals surface area contributed by atoms with Crippen molar-refractivity contribution in [3.8, 4) is 0 Å². The van der Waals surface area contributed by atoms with Crippen LogP contribution in [0.15, 0.2) is 24.3 Å².